The van der Waals surface area contributed by atoms with Gasteiger partial charge in [-0.05, 0) is 35.7 Å². The van der Waals surface area contributed by atoms with Crippen LogP contribution in [-0.2, 0) is 0 Å². The van der Waals surface area contributed by atoms with Crippen LogP contribution in [0.1, 0.15) is 0 Å². The van der Waals surface area contributed by atoms with Gasteiger partial charge in [-0.15, -0.1) is 0 Å². The lowest BCUT2D eigenvalue weighted by atomic mass is 10.1. The van der Waals surface area contributed by atoms with Crippen LogP contribution in [0.5, 0.6) is 11.5 Å². The van der Waals surface area contributed by atoms with E-state index in [-0.39, 0.29) is 22.6 Å². The fraction of sp³-hybridized carbons (Fsp3) is 0. The maximum atomic E-state index is 12.2. The van der Waals surface area contributed by atoms with E-state index >= 15 is 0 Å². The lowest BCUT2D eigenvalue weighted by molar-refractivity contribution is 0.433. The summed E-state index contributed by atoms with van der Waals surface area (Å²) in [6.45, 7) is 3.39. The summed E-state index contributed by atoms with van der Waals surface area (Å²) in [5, 5.41) is 28.9. The van der Waals surface area contributed by atoms with E-state index in [9.17, 15) is 20.1 Å². The first-order chi connectivity index (χ1) is 9.52. The van der Waals surface area contributed by atoms with Crippen molar-refractivity contribution >= 4 is 17.0 Å². The third-order valence-electron chi connectivity index (χ3n) is 2.72. The van der Waals surface area contributed by atoms with E-state index in [2.05, 4.69) is 6.58 Å². The van der Waals surface area contributed by atoms with Gasteiger partial charge in [0.05, 0.1) is 5.39 Å². The number of pyridine rings is 1. The Bertz CT molecular complexity index is 784. The zero-order valence-corrected chi connectivity index (χ0v) is 10.5. The number of allylic oxidation sites excluding steroid dienone is 3. The molecule has 0 bridgehead atoms. The van der Waals surface area contributed by atoms with Crippen molar-refractivity contribution in [3.05, 3.63) is 65.3 Å². The van der Waals surface area contributed by atoms with Crippen LogP contribution < -0.4 is 5.56 Å². The number of phenols is 2. The molecule has 0 unspecified atom stereocenters. The number of hydrogen-bond donors (Lipinski definition) is 3. The molecular weight excluding hydrogens is 258 g/mol. The van der Waals surface area contributed by atoms with Crippen LogP contribution >= 0.6 is 0 Å². The Balaban J connectivity index is 2.55. The molecule has 0 spiro atoms. The van der Waals surface area contributed by atoms with E-state index in [1.165, 1.54) is 41.3 Å². The predicted molar refractivity (Wildman–Crippen MR) is 77.8 cm³/mol. The number of nitrogens with zero attached hydrogens (tertiary/aromatic N) is 1. The Labute approximate surface area is 114 Å². The molecule has 1 heterocycles. The van der Waals surface area contributed by atoms with Gasteiger partial charge in [-0.2, -0.15) is 0 Å². The molecular formula is C15H13NO4. The fourth-order valence-corrected chi connectivity index (χ4v) is 1.77. The minimum Gasteiger partial charge on any atom is -0.508 e. The van der Waals surface area contributed by atoms with Crippen LogP contribution in [0.25, 0.3) is 17.0 Å². The maximum absolute atomic E-state index is 12.2. The fourth-order valence-electron chi connectivity index (χ4n) is 1.77. The van der Waals surface area contributed by atoms with Crippen molar-refractivity contribution in [2.45, 2.75) is 0 Å². The summed E-state index contributed by atoms with van der Waals surface area (Å²) in [5.74, 6) is -0.415. The average molecular weight is 271 g/mol. The Hall–Kier alpha value is -2.95. The minimum absolute atomic E-state index is 0.0251. The van der Waals surface area contributed by atoms with Crippen molar-refractivity contribution in [1.82, 2.24) is 4.57 Å². The highest BCUT2D eigenvalue weighted by atomic mass is 16.3. The SMILES string of the molecule is C=C/C(O)=C\C=C\n1ccc2cc(O)cc(O)c2c1=O. The first-order valence-corrected chi connectivity index (χ1v) is 5.79. The normalized spacial score (nSPS) is 12.1. The first-order valence-electron chi connectivity index (χ1n) is 5.79. The van der Waals surface area contributed by atoms with E-state index in [1.54, 1.807) is 6.07 Å². The maximum Gasteiger partial charge on any atom is 0.266 e. The molecule has 20 heavy (non-hydrogen) atoms. The summed E-state index contributed by atoms with van der Waals surface area (Å²) in [5.41, 5.74) is -0.428. The van der Waals surface area contributed by atoms with Crippen molar-refractivity contribution < 1.29 is 15.3 Å². The number of aliphatic hydroxyl groups excluding tert-OH is 1. The van der Waals surface area contributed by atoms with E-state index in [1.807, 2.05) is 0 Å². The van der Waals surface area contributed by atoms with Gasteiger partial charge < -0.3 is 15.3 Å². The predicted octanol–water partition coefficient (Wildman–Crippen LogP) is 2.51. The Morgan fingerprint density at radius 3 is 2.75 bits per heavy atom. The van der Waals surface area contributed by atoms with E-state index < -0.39 is 5.56 Å². The molecule has 0 amide bonds. The molecule has 0 aliphatic rings. The Morgan fingerprint density at radius 1 is 1.30 bits per heavy atom. The van der Waals surface area contributed by atoms with Gasteiger partial charge in [-0.1, -0.05) is 6.58 Å². The summed E-state index contributed by atoms with van der Waals surface area (Å²) < 4.78 is 1.26. The molecule has 2 aromatic rings. The van der Waals surface area contributed by atoms with Crippen LogP contribution in [-0.4, -0.2) is 19.9 Å². The molecule has 0 aliphatic carbocycles. The quantitative estimate of drug-likeness (QED) is 0.591. The molecule has 5 nitrogen and oxygen atoms in total. The van der Waals surface area contributed by atoms with Crippen LogP contribution in [0.3, 0.4) is 0 Å². The van der Waals surface area contributed by atoms with Crippen molar-refractivity contribution in [1.29, 1.82) is 0 Å². The summed E-state index contributed by atoms with van der Waals surface area (Å²) in [4.78, 5) is 12.2. The molecule has 1 aromatic heterocycles. The summed E-state index contributed by atoms with van der Waals surface area (Å²) in [6, 6.07) is 4.10. The molecule has 0 saturated carbocycles. The summed E-state index contributed by atoms with van der Waals surface area (Å²) >= 11 is 0. The third kappa shape index (κ3) is 2.56. The number of aliphatic hydroxyl groups is 1. The van der Waals surface area contributed by atoms with Gasteiger partial charge in [0.2, 0.25) is 0 Å². The second kappa shape index (κ2) is 5.36. The molecule has 102 valence electrons. The van der Waals surface area contributed by atoms with Crippen LogP contribution in [0, 0.1) is 0 Å². The average Bonchev–Trinajstić information content (AvgIpc) is 2.40. The van der Waals surface area contributed by atoms with Gasteiger partial charge in [-0.3, -0.25) is 9.36 Å². The largest absolute Gasteiger partial charge is 0.508 e. The number of phenolic OH excluding ortho intramolecular Hbond substituents is 2. The molecule has 1 aromatic carbocycles. The van der Waals surface area contributed by atoms with E-state index in [4.69, 9.17) is 0 Å². The Morgan fingerprint density at radius 2 is 2.05 bits per heavy atom. The molecule has 3 N–H and O–H groups in total. The zero-order chi connectivity index (χ0) is 14.7. The molecule has 0 atom stereocenters. The number of benzene rings is 1. The molecule has 0 fully saturated rings. The second-order valence-corrected chi connectivity index (χ2v) is 4.09. The molecule has 5 heteroatoms. The van der Waals surface area contributed by atoms with Gasteiger partial charge in [0.25, 0.3) is 5.56 Å². The zero-order valence-electron chi connectivity index (χ0n) is 10.5. The molecule has 0 radical (unpaired) electrons. The topological polar surface area (TPSA) is 82.7 Å². The standard InChI is InChI=1S/C15H13NO4/c1-2-11(17)4-3-6-16-7-5-10-8-12(18)9-13(19)14(10)15(16)20/h2-9,17-19H,1H2/b6-3+,11-4+. The van der Waals surface area contributed by atoms with Crippen molar-refractivity contribution in [3.63, 3.8) is 0 Å². The third-order valence-corrected chi connectivity index (χ3v) is 2.72. The lowest BCUT2D eigenvalue weighted by Gasteiger charge is -2.04. The van der Waals surface area contributed by atoms with Crippen molar-refractivity contribution in [2.75, 3.05) is 0 Å². The molecule has 0 aliphatic heterocycles. The van der Waals surface area contributed by atoms with Crippen LogP contribution in [0.15, 0.2) is 59.8 Å². The number of rotatable bonds is 3. The van der Waals surface area contributed by atoms with Gasteiger partial charge in [0.1, 0.15) is 17.3 Å². The lowest BCUT2D eigenvalue weighted by Crippen LogP contribution is -2.14. The molecule has 2 rings (SSSR count). The highest BCUT2D eigenvalue weighted by molar-refractivity contribution is 5.88. The Kier molecular flexibility index (Phi) is 3.61. The monoisotopic (exact) mass is 271 g/mol. The minimum atomic E-state index is -0.428. The second-order valence-electron chi connectivity index (χ2n) is 4.09. The van der Waals surface area contributed by atoms with Crippen molar-refractivity contribution in [3.8, 4) is 11.5 Å². The number of aromatic hydroxyl groups is 2. The number of fused-ring (bicyclic) bond motifs is 1. The van der Waals surface area contributed by atoms with Gasteiger partial charge in [0.15, 0.2) is 0 Å². The van der Waals surface area contributed by atoms with Gasteiger partial charge in [-0.25, -0.2) is 0 Å². The van der Waals surface area contributed by atoms with Gasteiger partial charge >= 0.3 is 0 Å². The first kappa shape index (κ1) is 13.5. The van der Waals surface area contributed by atoms with E-state index in [0.29, 0.717) is 5.39 Å². The van der Waals surface area contributed by atoms with Crippen molar-refractivity contribution in [2.24, 2.45) is 0 Å². The van der Waals surface area contributed by atoms with Gasteiger partial charge in [0, 0.05) is 18.5 Å². The molecule has 0 saturated heterocycles. The number of aromatic nitrogens is 1. The highest BCUT2D eigenvalue weighted by Crippen LogP contribution is 2.26. The summed E-state index contributed by atoms with van der Waals surface area (Å²) in [7, 11) is 0. The number of hydrogen-bond acceptors (Lipinski definition) is 4. The van der Waals surface area contributed by atoms with Crippen LogP contribution in [0.2, 0.25) is 0 Å². The highest BCUT2D eigenvalue weighted by Gasteiger charge is 2.07. The smallest absolute Gasteiger partial charge is 0.266 e. The summed E-state index contributed by atoms with van der Waals surface area (Å²) in [6.07, 6.45) is 7.05. The van der Waals surface area contributed by atoms with E-state index in [0.717, 1.165) is 6.07 Å². The van der Waals surface area contributed by atoms with Crippen LogP contribution in [0.4, 0.5) is 0 Å².